The van der Waals surface area contributed by atoms with E-state index in [-0.39, 0.29) is 6.10 Å². The van der Waals surface area contributed by atoms with E-state index in [2.05, 4.69) is 75.9 Å². The highest BCUT2D eigenvalue weighted by atomic mass is 16.5. The molecular weight excluding hydrogens is 350 g/mol. The summed E-state index contributed by atoms with van der Waals surface area (Å²) in [4.78, 5) is 2.22. The van der Waals surface area contributed by atoms with Gasteiger partial charge in [0, 0.05) is 19.7 Å². The summed E-state index contributed by atoms with van der Waals surface area (Å²) in [6, 6.07) is 19.0. The normalized spacial score (nSPS) is 16.8. The molecule has 0 bridgehead atoms. The molecule has 1 fully saturated rings. The predicted octanol–water partition coefficient (Wildman–Crippen LogP) is 3.78. The van der Waals surface area contributed by atoms with Gasteiger partial charge in [-0.2, -0.15) is 0 Å². The summed E-state index contributed by atoms with van der Waals surface area (Å²) in [5.74, 6) is 0.809. The van der Waals surface area contributed by atoms with Crippen molar-refractivity contribution in [3.63, 3.8) is 0 Å². The monoisotopic (exact) mass is 377 g/mol. The number of benzene rings is 2. The minimum Gasteiger partial charge on any atom is -0.376 e. The summed E-state index contributed by atoms with van der Waals surface area (Å²) in [6.45, 7) is 5.34. The quantitative estimate of drug-likeness (QED) is 0.627. The van der Waals surface area contributed by atoms with Crippen LogP contribution in [-0.4, -0.2) is 46.0 Å². The standard InChI is InChI=1S/C22H27N5O/c1-2-26(17-21-10-6-7-15-28-21)22-23-24-25-27(22)16-18-11-13-20(14-12-18)19-8-4-3-5-9-19/h3-5,8-9,11-14,21H,2,6-7,10,15-17H2,1H3. The molecular formula is C22H27N5O. The minimum absolute atomic E-state index is 0.268. The first-order valence-electron chi connectivity index (χ1n) is 10.1. The number of rotatable bonds is 7. The molecule has 1 atom stereocenters. The second-order valence-corrected chi connectivity index (χ2v) is 7.23. The Balaban J connectivity index is 1.46. The van der Waals surface area contributed by atoms with E-state index in [1.54, 1.807) is 0 Å². The Morgan fingerprint density at radius 1 is 1.04 bits per heavy atom. The van der Waals surface area contributed by atoms with E-state index in [4.69, 9.17) is 4.74 Å². The van der Waals surface area contributed by atoms with Gasteiger partial charge in [-0.25, -0.2) is 4.68 Å². The smallest absolute Gasteiger partial charge is 0.245 e. The minimum atomic E-state index is 0.268. The second kappa shape index (κ2) is 8.97. The fraction of sp³-hybridized carbons (Fsp3) is 0.409. The topological polar surface area (TPSA) is 56.1 Å². The Kier molecular flexibility index (Phi) is 5.97. The van der Waals surface area contributed by atoms with Gasteiger partial charge in [-0.15, -0.1) is 0 Å². The van der Waals surface area contributed by atoms with Crippen LogP contribution in [-0.2, 0) is 11.3 Å². The number of likely N-dealkylation sites (N-methyl/N-ethyl adjacent to an activating group) is 1. The Morgan fingerprint density at radius 2 is 1.82 bits per heavy atom. The Bertz CT molecular complexity index is 856. The van der Waals surface area contributed by atoms with Crippen molar-refractivity contribution in [1.82, 2.24) is 20.2 Å². The first-order chi connectivity index (χ1) is 13.8. The van der Waals surface area contributed by atoms with Gasteiger partial charge in [-0.1, -0.05) is 59.7 Å². The largest absolute Gasteiger partial charge is 0.376 e. The SMILES string of the molecule is CCN(CC1CCCCO1)c1nnnn1Cc1ccc(-c2ccccc2)cc1. The summed E-state index contributed by atoms with van der Waals surface area (Å²) in [6.07, 6.45) is 3.78. The van der Waals surface area contributed by atoms with Crippen molar-refractivity contribution in [3.8, 4) is 11.1 Å². The molecule has 0 saturated carbocycles. The molecule has 1 unspecified atom stereocenters. The van der Waals surface area contributed by atoms with E-state index in [0.717, 1.165) is 32.1 Å². The molecule has 28 heavy (non-hydrogen) atoms. The van der Waals surface area contributed by atoms with Crippen LogP contribution < -0.4 is 4.90 Å². The maximum atomic E-state index is 5.90. The first kappa shape index (κ1) is 18.6. The maximum absolute atomic E-state index is 5.90. The third-order valence-corrected chi connectivity index (χ3v) is 5.27. The number of nitrogens with zero attached hydrogens (tertiary/aromatic N) is 5. The molecule has 0 spiro atoms. The van der Waals surface area contributed by atoms with E-state index < -0.39 is 0 Å². The van der Waals surface area contributed by atoms with Crippen LogP contribution in [0.3, 0.4) is 0 Å². The van der Waals surface area contributed by atoms with Crippen molar-refractivity contribution >= 4 is 5.95 Å². The van der Waals surface area contributed by atoms with Gasteiger partial charge >= 0.3 is 0 Å². The third kappa shape index (κ3) is 4.39. The Morgan fingerprint density at radius 3 is 2.54 bits per heavy atom. The van der Waals surface area contributed by atoms with E-state index in [9.17, 15) is 0 Å². The summed E-state index contributed by atoms with van der Waals surface area (Å²) in [5, 5.41) is 12.4. The van der Waals surface area contributed by atoms with Gasteiger partial charge in [0.05, 0.1) is 12.6 Å². The number of hydrogen-bond donors (Lipinski definition) is 0. The molecule has 0 N–H and O–H groups in total. The molecule has 3 aromatic rings. The molecule has 0 radical (unpaired) electrons. The van der Waals surface area contributed by atoms with Crippen molar-refractivity contribution < 1.29 is 4.74 Å². The zero-order chi connectivity index (χ0) is 19.2. The van der Waals surface area contributed by atoms with Gasteiger partial charge < -0.3 is 9.64 Å². The van der Waals surface area contributed by atoms with Gasteiger partial charge in [0.1, 0.15) is 0 Å². The second-order valence-electron chi connectivity index (χ2n) is 7.23. The lowest BCUT2D eigenvalue weighted by molar-refractivity contribution is 0.0208. The van der Waals surface area contributed by atoms with Gasteiger partial charge in [0.15, 0.2) is 0 Å². The van der Waals surface area contributed by atoms with Crippen molar-refractivity contribution in [2.24, 2.45) is 0 Å². The molecule has 6 heteroatoms. The fourth-order valence-corrected chi connectivity index (χ4v) is 3.68. The van der Waals surface area contributed by atoms with Crippen LogP contribution >= 0.6 is 0 Å². The van der Waals surface area contributed by atoms with Crippen LogP contribution in [0.25, 0.3) is 11.1 Å². The lowest BCUT2D eigenvalue weighted by Crippen LogP contribution is -2.37. The van der Waals surface area contributed by atoms with E-state index in [1.807, 2.05) is 10.7 Å². The average molecular weight is 377 g/mol. The maximum Gasteiger partial charge on any atom is 0.245 e. The molecule has 146 valence electrons. The highest BCUT2D eigenvalue weighted by molar-refractivity contribution is 5.63. The van der Waals surface area contributed by atoms with E-state index >= 15 is 0 Å². The lowest BCUT2D eigenvalue weighted by Gasteiger charge is -2.29. The molecule has 1 aromatic heterocycles. The molecule has 4 rings (SSSR count). The number of ether oxygens (including phenoxy) is 1. The van der Waals surface area contributed by atoms with Gasteiger partial charge in [0.2, 0.25) is 5.95 Å². The van der Waals surface area contributed by atoms with Crippen molar-refractivity contribution in [2.75, 3.05) is 24.6 Å². The zero-order valence-corrected chi connectivity index (χ0v) is 16.4. The third-order valence-electron chi connectivity index (χ3n) is 5.27. The number of aromatic nitrogens is 4. The van der Waals surface area contributed by atoms with Gasteiger partial charge in [0.25, 0.3) is 0 Å². The summed E-state index contributed by atoms with van der Waals surface area (Å²) in [7, 11) is 0. The molecule has 6 nitrogen and oxygen atoms in total. The summed E-state index contributed by atoms with van der Waals surface area (Å²) < 4.78 is 7.78. The van der Waals surface area contributed by atoms with Crippen molar-refractivity contribution in [3.05, 3.63) is 60.2 Å². The highest BCUT2D eigenvalue weighted by Gasteiger charge is 2.21. The Labute approximate surface area is 166 Å². The molecule has 1 saturated heterocycles. The molecule has 0 amide bonds. The van der Waals surface area contributed by atoms with Crippen molar-refractivity contribution in [2.45, 2.75) is 38.8 Å². The molecule has 1 aliphatic heterocycles. The van der Waals surface area contributed by atoms with E-state index in [0.29, 0.717) is 6.54 Å². The van der Waals surface area contributed by atoms with Crippen molar-refractivity contribution in [1.29, 1.82) is 0 Å². The van der Waals surface area contributed by atoms with Crippen LogP contribution in [0.5, 0.6) is 0 Å². The Hall–Kier alpha value is -2.73. The van der Waals surface area contributed by atoms with Crippen LogP contribution in [0, 0.1) is 0 Å². The number of hydrogen-bond acceptors (Lipinski definition) is 5. The molecule has 2 aromatic carbocycles. The fourth-order valence-electron chi connectivity index (χ4n) is 3.68. The molecule has 2 heterocycles. The average Bonchev–Trinajstić information content (AvgIpc) is 3.22. The van der Waals surface area contributed by atoms with Crippen LogP contribution in [0.4, 0.5) is 5.95 Å². The van der Waals surface area contributed by atoms with Gasteiger partial charge in [-0.3, -0.25) is 0 Å². The predicted molar refractivity (Wildman–Crippen MR) is 110 cm³/mol. The van der Waals surface area contributed by atoms with Crippen LogP contribution in [0.15, 0.2) is 54.6 Å². The van der Waals surface area contributed by atoms with Crippen LogP contribution in [0.1, 0.15) is 31.7 Å². The molecule has 1 aliphatic rings. The number of anilines is 1. The van der Waals surface area contributed by atoms with E-state index in [1.165, 1.54) is 29.5 Å². The summed E-state index contributed by atoms with van der Waals surface area (Å²) >= 11 is 0. The molecule has 0 aliphatic carbocycles. The highest BCUT2D eigenvalue weighted by Crippen LogP contribution is 2.21. The zero-order valence-electron chi connectivity index (χ0n) is 16.4. The number of tetrazole rings is 1. The first-order valence-corrected chi connectivity index (χ1v) is 10.1. The summed E-state index contributed by atoms with van der Waals surface area (Å²) in [5.41, 5.74) is 3.62. The van der Waals surface area contributed by atoms with Gasteiger partial charge in [-0.05, 0) is 53.3 Å². The lowest BCUT2D eigenvalue weighted by atomic mass is 10.0. The van der Waals surface area contributed by atoms with Crippen LogP contribution in [0.2, 0.25) is 0 Å².